The number of anilines is 1. The van der Waals surface area contributed by atoms with Crippen LogP contribution in [0.25, 0.3) is 0 Å². The van der Waals surface area contributed by atoms with Gasteiger partial charge in [0.1, 0.15) is 11.9 Å². The van der Waals surface area contributed by atoms with E-state index in [1.165, 1.54) is 0 Å². The number of hydrogen-bond acceptors (Lipinski definition) is 4. The highest BCUT2D eigenvalue weighted by atomic mass is 35.5. The molecule has 28 heavy (non-hydrogen) atoms. The van der Waals surface area contributed by atoms with E-state index in [1.54, 1.807) is 42.2 Å². The summed E-state index contributed by atoms with van der Waals surface area (Å²) in [6.07, 6.45) is 2.60. The van der Waals surface area contributed by atoms with Gasteiger partial charge in [0, 0.05) is 36.5 Å². The molecule has 1 saturated heterocycles. The molecule has 0 radical (unpaired) electrons. The molecule has 8 heteroatoms. The molecule has 0 bridgehead atoms. The number of ether oxygens (including phenoxy) is 1. The van der Waals surface area contributed by atoms with Gasteiger partial charge in [-0.3, -0.25) is 9.52 Å². The van der Waals surface area contributed by atoms with Crippen LogP contribution >= 0.6 is 11.6 Å². The topological polar surface area (TPSA) is 75.7 Å². The fourth-order valence-corrected chi connectivity index (χ4v) is 3.88. The Morgan fingerprint density at radius 1 is 1.14 bits per heavy atom. The van der Waals surface area contributed by atoms with E-state index in [4.69, 9.17) is 16.3 Å². The van der Waals surface area contributed by atoms with Crippen molar-refractivity contribution in [2.45, 2.75) is 25.9 Å². The Kier molecular flexibility index (Phi) is 6.15. The lowest BCUT2D eigenvalue weighted by atomic mass is 10.0. The number of amides is 1. The van der Waals surface area contributed by atoms with Gasteiger partial charge in [-0.1, -0.05) is 17.7 Å². The van der Waals surface area contributed by atoms with Crippen LogP contribution in [-0.2, 0) is 10.0 Å². The van der Waals surface area contributed by atoms with Crippen LogP contribution < -0.4 is 9.46 Å². The van der Waals surface area contributed by atoms with E-state index in [2.05, 4.69) is 4.72 Å². The lowest BCUT2D eigenvalue weighted by Crippen LogP contribution is -2.41. The second-order valence-corrected chi connectivity index (χ2v) is 9.15. The molecule has 1 heterocycles. The van der Waals surface area contributed by atoms with Crippen LogP contribution in [0.5, 0.6) is 5.75 Å². The highest BCUT2D eigenvalue weighted by molar-refractivity contribution is 7.92. The first kappa shape index (κ1) is 20.5. The molecular weight excluding hydrogens is 400 g/mol. The molecule has 0 saturated carbocycles. The molecule has 6 nitrogen and oxygen atoms in total. The van der Waals surface area contributed by atoms with Crippen molar-refractivity contribution in [2.24, 2.45) is 0 Å². The Labute approximate surface area is 170 Å². The molecule has 0 spiro atoms. The largest absolute Gasteiger partial charge is 0.490 e. The first-order chi connectivity index (χ1) is 13.2. The number of benzene rings is 2. The molecule has 1 aliphatic rings. The highest BCUT2D eigenvalue weighted by Crippen LogP contribution is 2.23. The maximum atomic E-state index is 12.8. The zero-order chi connectivity index (χ0) is 20.3. The molecule has 0 aliphatic carbocycles. The summed E-state index contributed by atoms with van der Waals surface area (Å²) >= 11 is 5.89. The second-order valence-electron chi connectivity index (χ2n) is 6.97. The summed E-state index contributed by atoms with van der Waals surface area (Å²) in [5.74, 6) is 0.658. The molecule has 2 aromatic carbocycles. The van der Waals surface area contributed by atoms with E-state index < -0.39 is 10.0 Å². The average molecular weight is 423 g/mol. The van der Waals surface area contributed by atoms with Crippen LogP contribution in [0.1, 0.15) is 28.8 Å². The summed E-state index contributed by atoms with van der Waals surface area (Å²) in [5, 5.41) is 0.663. The minimum atomic E-state index is -3.41. The van der Waals surface area contributed by atoms with Gasteiger partial charge in [0.15, 0.2) is 0 Å². The zero-order valence-corrected chi connectivity index (χ0v) is 17.4. The Morgan fingerprint density at radius 2 is 1.79 bits per heavy atom. The number of sulfonamides is 1. The summed E-state index contributed by atoms with van der Waals surface area (Å²) in [4.78, 5) is 14.6. The van der Waals surface area contributed by atoms with Crippen molar-refractivity contribution in [3.63, 3.8) is 0 Å². The normalized spacial score (nSPS) is 15.3. The van der Waals surface area contributed by atoms with Crippen LogP contribution in [0.15, 0.2) is 42.5 Å². The van der Waals surface area contributed by atoms with E-state index in [-0.39, 0.29) is 12.0 Å². The molecule has 3 rings (SSSR count). The number of nitrogens with zero attached hydrogens (tertiary/aromatic N) is 1. The summed E-state index contributed by atoms with van der Waals surface area (Å²) < 4.78 is 31.4. The number of carbonyl (C=O) groups is 1. The van der Waals surface area contributed by atoms with Crippen molar-refractivity contribution in [1.29, 1.82) is 0 Å². The summed E-state index contributed by atoms with van der Waals surface area (Å²) in [6.45, 7) is 2.96. The number of halogens is 1. The SMILES string of the molecule is Cc1ccc(C(=O)N2CCC(Oc3ccc(Cl)cc3)CC2)cc1NS(C)(=O)=O. The van der Waals surface area contributed by atoms with Gasteiger partial charge in [-0.2, -0.15) is 0 Å². The molecule has 1 fully saturated rings. The van der Waals surface area contributed by atoms with E-state index in [0.29, 0.717) is 29.4 Å². The number of piperidine rings is 1. The zero-order valence-electron chi connectivity index (χ0n) is 15.8. The van der Waals surface area contributed by atoms with Gasteiger partial charge in [0.05, 0.1) is 11.9 Å². The van der Waals surface area contributed by atoms with Crippen LogP contribution in [0.4, 0.5) is 5.69 Å². The van der Waals surface area contributed by atoms with E-state index in [9.17, 15) is 13.2 Å². The van der Waals surface area contributed by atoms with Crippen molar-refractivity contribution in [3.8, 4) is 5.75 Å². The monoisotopic (exact) mass is 422 g/mol. The Balaban J connectivity index is 1.62. The molecule has 0 unspecified atom stereocenters. The number of hydrogen-bond donors (Lipinski definition) is 1. The number of aryl methyl sites for hydroxylation is 1. The predicted molar refractivity (Wildman–Crippen MR) is 111 cm³/mol. The molecule has 0 aromatic heterocycles. The molecular formula is C20H23ClN2O4S. The van der Waals surface area contributed by atoms with E-state index in [0.717, 1.165) is 30.4 Å². The lowest BCUT2D eigenvalue weighted by Gasteiger charge is -2.32. The minimum Gasteiger partial charge on any atom is -0.490 e. The van der Waals surface area contributed by atoms with E-state index in [1.807, 2.05) is 12.1 Å². The standard InChI is InChI=1S/C20H23ClN2O4S/c1-14-3-4-15(13-19(14)22-28(2,25)26)20(24)23-11-9-18(10-12-23)27-17-7-5-16(21)6-8-17/h3-8,13,18,22H,9-12H2,1-2H3. The molecule has 150 valence electrons. The minimum absolute atomic E-state index is 0.0469. The van der Waals surface area contributed by atoms with Crippen molar-refractivity contribution >= 4 is 33.2 Å². The van der Waals surface area contributed by atoms with Gasteiger partial charge >= 0.3 is 0 Å². The van der Waals surface area contributed by atoms with Gasteiger partial charge < -0.3 is 9.64 Å². The molecule has 0 atom stereocenters. The van der Waals surface area contributed by atoms with Crippen LogP contribution in [0.3, 0.4) is 0 Å². The summed E-state index contributed by atoms with van der Waals surface area (Å²) in [5.41, 5.74) is 1.65. The Hall–Kier alpha value is -2.25. The fraction of sp³-hybridized carbons (Fsp3) is 0.350. The van der Waals surface area contributed by atoms with Gasteiger partial charge in [0.25, 0.3) is 5.91 Å². The molecule has 2 aromatic rings. The first-order valence-corrected chi connectivity index (χ1v) is 11.3. The van der Waals surface area contributed by atoms with E-state index >= 15 is 0 Å². The van der Waals surface area contributed by atoms with Crippen molar-refractivity contribution in [2.75, 3.05) is 24.1 Å². The maximum absolute atomic E-state index is 12.8. The number of likely N-dealkylation sites (tertiary alicyclic amines) is 1. The quantitative estimate of drug-likeness (QED) is 0.797. The number of nitrogens with one attached hydrogen (secondary N) is 1. The first-order valence-electron chi connectivity index (χ1n) is 9.01. The Morgan fingerprint density at radius 3 is 2.39 bits per heavy atom. The van der Waals surface area contributed by atoms with Crippen LogP contribution in [0.2, 0.25) is 5.02 Å². The third kappa shape index (κ3) is 5.39. The smallest absolute Gasteiger partial charge is 0.253 e. The lowest BCUT2D eigenvalue weighted by molar-refractivity contribution is 0.0595. The number of rotatable bonds is 5. The van der Waals surface area contributed by atoms with Gasteiger partial charge in [-0.15, -0.1) is 0 Å². The Bertz CT molecular complexity index is 953. The van der Waals surface area contributed by atoms with Crippen molar-refractivity contribution < 1.29 is 17.9 Å². The highest BCUT2D eigenvalue weighted by Gasteiger charge is 2.25. The van der Waals surface area contributed by atoms with Crippen molar-refractivity contribution in [1.82, 2.24) is 4.90 Å². The summed E-state index contributed by atoms with van der Waals surface area (Å²) in [6, 6.07) is 12.3. The van der Waals surface area contributed by atoms with Gasteiger partial charge in [-0.25, -0.2) is 8.42 Å². The third-order valence-corrected chi connectivity index (χ3v) is 5.47. The van der Waals surface area contributed by atoms with Gasteiger partial charge in [0.2, 0.25) is 10.0 Å². The molecule has 1 aliphatic heterocycles. The van der Waals surface area contributed by atoms with Crippen LogP contribution in [0, 0.1) is 6.92 Å². The average Bonchev–Trinajstić information content (AvgIpc) is 2.64. The van der Waals surface area contributed by atoms with Crippen LogP contribution in [-0.4, -0.2) is 44.7 Å². The fourth-order valence-electron chi connectivity index (χ4n) is 3.13. The van der Waals surface area contributed by atoms with Gasteiger partial charge in [-0.05, 0) is 48.9 Å². The second kappa shape index (κ2) is 8.41. The summed E-state index contributed by atoms with van der Waals surface area (Å²) in [7, 11) is -3.41. The predicted octanol–water partition coefficient (Wildman–Crippen LogP) is 3.70. The number of carbonyl (C=O) groups excluding carboxylic acids is 1. The molecule has 1 amide bonds. The maximum Gasteiger partial charge on any atom is 0.253 e. The van der Waals surface area contributed by atoms with Crippen molar-refractivity contribution in [3.05, 3.63) is 58.6 Å². The third-order valence-electron chi connectivity index (χ3n) is 4.63. The molecule has 1 N–H and O–H groups in total.